The van der Waals surface area contributed by atoms with Gasteiger partial charge in [-0.25, -0.2) is 4.79 Å². The van der Waals surface area contributed by atoms with Crippen LogP contribution in [0.2, 0.25) is 0 Å². The molecule has 29 heavy (non-hydrogen) atoms. The summed E-state index contributed by atoms with van der Waals surface area (Å²) in [7, 11) is 0. The molecule has 1 spiro atoms. The first-order valence-electron chi connectivity index (χ1n) is 10.4. The number of allylic oxidation sites excluding steroid dienone is 3. The molecule has 6 nitrogen and oxygen atoms in total. The lowest BCUT2D eigenvalue weighted by Crippen LogP contribution is -2.40. The van der Waals surface area contributed by atoms with E-state index in [1.165, 1.54) is 12.0 Å². The summed E-state index contributed by atoms with van der Waals surface area (Å²) < 4.78 is 0. The van der Waals surface area contributed by atoms with Crippen molar-refractivity contribution in [2.75, 3.05) is 12.8 Å². The summed E-state index contributed by atoms with van der Waals surface area (Å²) >= 11 is 1.59. The number of amides is 2. The second kappa shape index (κ2) is 9.65. The Morgan fingerprint density at radius 2 is 2.07 bits per heavy atom. The topological polar surface area (TPSA) is 86.7 Å². The standard InChI is InChI=1S/C22H30N2O4S/c1-29-19(16-5-3-2-4-6-16)11-18(12-21(27)28)24(15-25)17-7-9-22(10-8-17)13-20(26)23-14-22/h5,11-12,15,17H,2-4,6-10,13-14H2,1H3,(H,23,26)(H,27,28)/b18-12-,19-11-. The van der Waals surface area contributed by atoms with Crippen LogP contribution in [0.25, 0.3) is 0 Å². The summed E-state index contributed by atoms with van der Waals surface area (Å²) in [6.45, 7) is 0.710. The van der Waals surface area contributed by atoms with Crippen LogP contribution in [0.5, 0.6) is 0 Å². The van der Waals surface area contributed by atoms with Gasteiger partial charge in [0.15, 0.2) is 0 Å². The van der Waals surface area contributed by atoms with Crippen molar-refractivity contribution in [3.8, 4) is 0 Å². The van der Waals surface area contributed by atoms with E-state index < -0.39 is 5.97 Å². The van der Waals surface area contributed by atoms with Crippen LogP contribution in [0.1, 0.15) is 57.8 Å². The molecule has 0 atom stereocenters. The highest BCUT2D eigenvalue weighted by Gasteiger charge is 2.42. The van der Waals surface area contributed by atoms with Crippen molar-refractivity contribution in [1.82, 2.24) is 10.2 Å². The number of thioether (sulfide) groups is 1. The van der Waals surface area contributed by atoms with Gasteiger partial charge in [0.25, 0.3) is 0 Å². The van der Waals surface area contributed by atoms with Gasteiger partial charge in [0.2, 0.25) is 12.3 Å². The molecule has 1 saturated heterocycles. The molecule has 0 aromatic carbocycles. The lowest BCUT2D eigenvalue weighted by atomic mass is 9.71. The zero-order valence-electron chi connectivity index (χ0n) is 17.0. The van der Waals surface area contributed by atoms with Crippen LogP contribution in [-0.4, -0.2) is 47.1 Å². The van der Waals surface area contributed by atoms with Gasteiger partial charge in [0.1, 0.15) is 0 Å². The van der Waals surface area contributed by atoms with E-state index in [9.17, 15) is 19.5 Å². The number of hydrogen-bond acceptors (Lipinski definition) is 4. The first-order valence-corrected chi connectivity index (χ1v) is 11.6. The minimum Gasteiger partial charge on any atom is -0.478 e. The van der Waals surface area contributed by atoms with Crippen LogP contribution in [0.4, 0.5) is 0 Å². The van der Waals surface area contributed by atoms with Crippen LogP contribution in [0.3, 0.4) is 0 Å². The molecule has 2 N–H and O–H groups in total. The maximum Gasteiger partial charge on any atom is 0.330 e. The van der Waals surface area contributed by atoms with Crippen LogP contribution >= 0.6 is 11.8 Å². The molecule has 158 valence electrons. The number of aliphatic carboxylic acids is 1. The molecular formula is C22H30N2O4S. The minimum absolute atomic E-state index is 0.00594. The van der Waals surface area contributed by atoms with Crippen molar-refractivity contribution >= 4 is 30.0 Å². The summed E-state index contributed by atoms with van der Waals surface area (Å²) in [5.74, 6) is -0.950. The number of nitrogens with zero attached hydrogens (tertiary/aromatic N) is 1. The first kappa shape index (κ1) is 21.7. The Bertz CT molecular complexity index is 748. The highest BCUT2D eigenvalue weighted by atomic mass is 32.2. The fraction of sp³-hybridized carbons (Fsp3) is 0.591. The molecule has 7 heteroatoms. The second-order valence-electron chi connectivity index (χ2n) is 8.29. The lowest BCUT2D eigenvalue weighted by Gasteiger charge is -2.40. The van der Waals surface area contributed by atoms with Crippen LogP contribution in [0.15, 0.2) is 34.4 Å². The number of hydrogen-bond donors (Lipinski definition) is 2. The molecule has 0 radical (unpaired) electrons. The molecular weight excluding hydrogens is 388 g/mol. The van der Waals surface area contributed by atoms with E-state index in [1.807, 2.05) is 12.3 Å². The predicted octanol–water partition coefficient (Wildman–Crippen LogP) is 3.61. The third-order valence-corrected chi connectivity index (χ3v) is 7.21. The maximum absolute atomic E-state index is 12.0. The number of carbonyl (C=O) groups excluding carboxylic acids is 2. The molecule has 3 rings (SSSR count). The molecule has 1 aliphatic heterocycles. The molecule has 3 aliphatic rings. The third kappa shape index (κ3) is 5.32. The van der Waals surface area contributed by atoms with Gasteiger partial charge in [0, 0.05) is 30.0 Å². The molecule has 0 bridgehead atoms. The van der Waals surface area contributed by atoms with E-state index in [1.54, 1.807) is 16.7 Å². The maximum atomic E-state index is 12.0. The van der Waals surface area contributed by atoms with Gasteiger partial charge in [-0.05, 0) is 74.7 Å². The summed E-state index contributed by atoms with van der Waals surface area (Å²) in [4.78, 5) is 37.8. The SMILES string of the molecule is CS/C(=C\C(=C\C(=O)O)N(C=O)C1CCC2(CC1)CNC(=O)C2)C1=CCCCC1. The molecule has 2 amide bonds. The molecule has 2 aliphatic carbocycles. The summed E-state index contributed by atoms with van der Waals surface area (Å²) in [6.07, 6.45) is 16.2. The van der Waals surface area contributed by atoms with Gasteiger partial charge in [-0.2, -0.15) is 0 Å². The van der Waals surface area contributed by atoms with E-state index in [0.717, 1.165) is 62.3 Å². The normalized spacial score (nSPS) is 28.1. The smallest absolute Gasteiger partial charge is 0.330 e. The van der Waals surface area contributed by atoms with Crippen LogP contribution in [0, 0.1) is 5.41 Å². The minimum atomic E-state index is -1.06. The summed E-state index contributed by atoms with van der Waals surface area (Å²) in [6, 6.07) is -0.0425. The highest BCUT2D eigenvalue weighted by molar-refractivity contribution is 8.02. The monoisotopic (exact) mass is 418 g/mol. The van der Waals surface area contributed by atoms with E-state index in [0.29, 0.717) is 18.7 Å². The predicted molar refractivity (Wildman–Crippen MR) is 114 cm³/mol. The quantitative estimate of drug-likeness (QED) is 0.375. The van der Waals surface area contributed by atoms with Crippen LogP contribution in [-0.2, 0) is 14.4 Å². The van der Waals surface area contributed by atoms with Gasteiger partial charge < -0.3 is 15.3 Å². The number of rotatable bonds is 7. The summed E-state index contributed by atoms with van der Waals surface area (Å²) in [5.41, 5.74) is 1.68. The third-order valence-electron chi connectivity index (χ3n) is 6.39. The van der Waals surface area contributed by atoms with Gasteiger partial charge in [-0.1, -0.05) is 6.08 Å². The number of nitrogens with one attached hydrogen (secondary N) is 1. The van der Waals surface area contributed by atoms with E-state index in [-0.39, 0.29) is 17.4 Å². The fourth-order valence-corrected chi connectivity index (χ4v) is 5.44. The Labute approximate surface area is 176 Å². The lowest BCUT2D eigenvalue weighted by molar-refractivity contribution is -0.131. The second-order valence-corrected chi connectivity index (χ2v) is 9.14. The van der Waals surface area contributed by atoms with E-state index in [4.69, 9.17) is 0 Å². The van der Waals surface area contributed by atoms with E-state index >= 15 is 0 Å². The Kier molecular flexibility index (Phi) is 7.22. The van der Waals surface area contributed by atoms with Gasteiger partial charge in [0.05, 0.1) is 5.70 Å². The number of carboxylic acid groups (broad SMARTS) is 1. The molecule has 0 aromatic heterocycles. The zero-order chi connectivity index (χ0) is 20.9. The van der Waals surface area contributed by atoms with Crippen molar-refractivity contribution in [3.05, 3.63) is 34.4 Å². The van der Waals surface area contributed by atoms with Gasteiger partial charge >= 0.3 is 5.97 Å². The van der Waals surface area contributed by atoms with Crippen molar-refractivity contribution in [2.24, 2.45) is 5.41 Å². The van der Waals surface area contributed by atoms with Gasteiger partial charge in [-0.3, -0.25) is 9.59 Å². The average molecular weight is 419 g/mol. The molecule has 1 heterocycles. The first-order chi connectivity index (χ1) is 14.0. The molecule has 1 saturated carbocycles. The molecule has 0 unspecified atom stereocenters. The Morgan fingerprint density at radius 1 is 1.31 bits per heavy atom. The van der Waals surface area contributed by atoms with Crippen molar-refractivity contribution in [3.63, 3.8) is 0 Å². The molecule has 0 aromatic rings. The van der Waals surface area contributed by atoms with Crippen molar-refractivity contribution in [1.29, 1.82) is 0 Å². The average Bonchev–Trinajstić information content (AvgIpc) is 3.08. The van der Waals surface area contributed by atoms with Crippen molar-refractivity contribution < 1.29 is 19.5 Å². The Morgan fingerprint density at radius 3 is 2.59 bits per heavy atom. The van der Waals surface area contributed by atoms with Crippen molar-refractivity contribution in [2.45, 2.75) is 63.8 Å². The number of carboxylic acids is 1. The Balaban J connectivity index is 1.80. The summed E-state index contributed by atoms with van der Waals surface area (Å²) in [5, 5.41) is 12.3. The van der Waals surface area contributed by atoms with Crippen LogP contribution < -0.4 is 5.32 Å². The van der Waals surface area contributed by atoms with E-state index in [2.05, 4.69) is 11.4 Å². The zero-order valence-corrected chi connectivity index (χ0v) is 17.8. The van der Waals surface area contributed by atoms with Gasteiger partial charge in [-0.15, -0.1) is 11.8 Å². The largest absolute Gasteiger partial charge is 0.478 e. The Hall–Kier alpha value is -2.02. The fourth-order valence-electron chi connectivity index (χ4n) is 4.75. The highest BCUT2D eigenvalue weighted by Crippen LogP contribution is 2.43. The number of carbonyl (C=O) groups is 3. The molecule has 2 fully saturated rings.